The van der Waals surface area contributed by atoms with Gasteiger partial charge in [-0.05, 0) is 31.2 Å². The first-order valence-electron chi connectivity index (χ1n) is 7.95. The lowest BCUT2D eigenvalue weighted by molar-refractivity contribution is -0.136. The number of benzene rings is 1. The number of nitrogens with zero attached hydrogens (tertiary/aromatic N) is 1. The van der Waals surface area contributed by atoms with Crippen LogP contribution in [0.3, 0.4) is 0 Å². The molecule has 0 spiro atoms. The van der Waals surface area contributed by atoms with Gasteiger partial charge in [0.1, 0.15) is 12.3 Å². The van der Waals surface area contributed by atoms with Crippen LogP contribution in [0.5, 0.6) is 0 Å². The van der Waals surface area contributed by atoms with Gasteiger partial charge in [-0.15, -0.1) is 0 Å². The molecule has 1 saturated carbocycles. The van der Waals surface area contributed by atoms with E-state index in [9.17, 15) is 4.79 Å². The SMILES string of the molecule is CC(=N[C@@H]1CC(C)CCCC1I)C(=O)OCc1ccccc1. The highest BCUT2D eigenvalue weighted by molar-refractivity contribution is 14.1. The van der Waals surface area contributed by atoms with Crippen LogP contribution in [0.25, 0.3) is 0 Å². The van der Waals surface area contributed by atoms with Crippen LogP contribution in [0.2, 0.25) is 0 Å². The van der Waals surface area contributed by atoms with E-state index < -0.39 is 0 Å². The zero-order chi connectivity index (χ0) is 15.9. The average Bonchev–Trinajstić information content (AvgIpc) is 2.67. The van der Waals surface area contributed by atoms with Gasteiger partial charge in [0.05, 0.1) is 6.04 Å². The van der Waals surface area contributed by atoms with Crippen molar-refractivity contribution in [3.63, 3.8) is 0 Å². The first kappa shape index (κ1) is 17.4. The lowest BCUT2D eigenvalue weighted by atomic mass is 10.0. The number of esters is 1. The van der Waals surface area contributed by atoms with Crippen molar-refractivity contribution in [3.05, 3.63) is 35.9 Å². The van der Waals surface area contributed by atoms with E-state index in [1.165, 1.54) is 19.3 Å². The Balaban J connectivity index is 1.93. The number of hydrogen-bond donors (Lipinski definition) is 0. The van der Waals surface area contributed by atoms with Crippen molar-refractivity contribution in [3.8, 4) is 0 Å². The Morgan fingerprint density at radius 1 is 1.32 bits per heavy atom. The van der Waals surface area contributed by atoms with E-state index in [4.69, 9.17) is 4.74 Å². The smallest absolute Gasteiger partial charge is 0.352 e. The quantitative estimate of drug-likeness (QED) is 0.239. The minimum Gasteiger partial charge on any atom is -0.456 e. The van der Waals surface area contributed by atoms with Gasteiger partial charge in [-0.2, -0.15) is 0 Å². The standard InChI is InChI=1S/C18H24INO2/c1-13-7-6-10-16(19)17(11-13)20-14(2)18(21)22-12-15-8-4-3-5-9-15/h3-5,8-9,13,16-17H,6-7,10-12H2,1-2H3/t13?,16?,17-/m1/s1. The summed E-state index contributed by atoms with van der Waals surface area (Å²) in [7, 11) is 0. The van der Waals surface area contributed by atoms with E-state index in [1.807, 2.05) is 30.3 Å². The summed E-state index contributed by atoms with van der Waals surface area (Å²) < 4.78 is 5.87. The van der Waals surface area contributed by atoms with Crippen molar-refractivity contribution in [2.75, 3.05) is 0 Å². The summed E-state index contributed by atoms with van der Waals surface area (Å²) in [6.07, 6.45) is 4.78. The van der Waals surface area contributed by atoms with E-state index in [0.717, 1.165) is 12.0 Å². The van der Waals surface area contributed by atoms with Gasteiger partial charge in [0, 0.05) is 3.92 Å². The topological polar surface area (TPSA) is 38.7 Å². The van der Waals surface area contributed by atoms with Crippen LogP contribution in [0.4, 0.5) is 0 Å². The van der Waals surface area contributed by atoms with Gasteiger partial charge in [0.2, 0.25) is 0 Å². The predicted octanol–water partition coefficient (Wildman–Crippen LogP) is 4.57. The van der Waals surface area contributed by atoms with Crippen molar-refractivity contribution < 1.29 is 9.53 Å². The number of ether oxygens (including phenoxy) is 1. The normalized spacial score (nSPS) is 26.3. The van der Waals surface area contributed by atoms with Crippen LogP contribution in [0.15, 0.2) is 35.3 Å². The van der Waals surface area contributed by atoms with Gasteiger partial charge >= 0.3 is 5.97 Å². The lowest BCUT2D eigenvalue weighted by Gasteiger charge is -2.18. The van der Waals surface area contributed by atoms with Crippen LogP contribution < -0.4 is 0 Å². The molecule has 0 amide bonds. The van der Waals surface area contributed by atoms with Gasteiger partial charge in [-0.3, -0.25) is 4.99 Å². The van der Waals surface area contributed by atoms with E-state index in [0.29, 0.717) is 22.2 Å². The molecule has 3 atom stereocenters. The molecular weight excluding hydrogens is 389 g/mol. The number of carbonyl (C=O) groups excluding carboxylic acids is 1. The third-order valence-corrected chi connectivity index (χ3v) is 5.56. The maximum Gasteiger partial charge on any atom is 0.352 e. The summed E-state index contributed by atoms with van der Waals surface area (Å²) >= 11 is 2.48. The van der Waals surface area contributed by atoms with Crippen LogP contribution in [0.1, 0.15) is 45.1 Å². The molecule has 3 nitrogen and oxygen atoms in total. The Bertz CT molecular complexity index is 515. The summed E-state index contributed by atoms with van der Waals surface area (Å²) in [4.78, 5) is 16.8. The molecule has 1 aromatic rings. The Morgan fingerprint density at radius 2 is 2.05 bits per heavy atom. The van der Waals surface area contributed by atoms with E-state index >= 15 is 0 Å². The van der Waals surface area contributed by atoms with Crippen molar-refractivity contribution in [1.29, 1.82) is 0 Å². The molecule has 4 heteroatoms. The summed E-state index contributed by atoms with van der Waals surface area (Å²) in [5.74, 6) is 0.381. The summed E-state index contributed by atoms with van der Waals surface area (Å²) in [5.41, 5.74) is 1.50. The fourth-order valence-corrected chi connectivity index (χ4v) is 3.69. The molecule has 2 unspecified atom stereocenters. The molecule has 0 N–H and O–H groups in total. The Labute approximate surface area is 146 Å². The maximum absolute atomic E-state index is 12.1. The summed E-state index contributed by atoms with van der Waals surface area (Å²) in [5, 5.41) is 0. The zero-order valence-corrected chi connectivity index (χ0v) is 15.5. The third kappa shape index (κ3) is 5.38. The minimum atomic E-state index is -0.302. The second kappa shape index (κ2) is 8.65. The second-order valence-corrected chi connectivity index (χ2v) is 7.73. The van der Waals surface area contributed by atoms with Gasteiger partial charge in [-0.1, -0.05) is 72.7 Å². The van der Waals surface area contributed by atoms with Gasteiger partial charge in [0.15, 0.2) is 0 Å². The molecule has 2 rings (SSSR count). The molecule has 0 aromatic heterocycles. The van der Waals surface area contributed by atoms with Gasteiger partial charge in [0.25, 0.3) is 0 Å². The molecule has 1 aromatic carbocycles. The molecule has 0 bridgehead atoms. The van der Waals surface area contributed by atoms with E-state index in [1.54, 1.807) is 6.92 Å². The van der Waals surface area contributed by atoms with E-state index in [-0.39, 0.29) is 12.0 Å². The lowest BCUT2D eigenvalue weighted by Crippen LogP contribution is -2.23. The molecule has 0 heterocycles. The van der Waals surface area contributed by atoms with Gasteiger partial charge < -0.3 is 4.74 Å². The van der Waals surface area contributed by atoms with Crippen LogP contribution in [0, 0.1) is 5.92 Å². The number of hydrogen-bond acceptors (Lipinski definition) is 3. The van der Waals surface area contributed by atoms with Crippen molar-refractivity contribution in [2.45, 2.75) is 56.1 Å². The molecule has 1 aliphatic carbocycles. The molecule has 120 valence electrons. The Hall–Kier alpha value is -0.910. The van der Waals surface area contributed by atoms with Crippen molar-refractivity contribution >= 4 is 34.3 Å². The van der Waals surface area contributed by atoms with Crippen molar-refractivity contribution in [1.82, 2.24) is 0 Å². The van der Waals surface area contributed by atoms with Crippen molar-refractivity contribution in [2.24, 2.45) is 10.9 Å². The highest BCUT2D eigenvalue weighted by Gasteiger charge is 2.25. The number of aliphatic imine (C=N–C) groups is 1. The third-order valence-electron chi connectivity index (χ3n) is 4.11. The highest BCUT2D eigenvalue weighted by atomic mass is 127. The molecular formula is C18H24INO2. The monoisotopic (exact) mass is 413 g/mol. The fourth-order valence-electron chi connectivity index (χ4n) is 2.79. The summed E-state index contributed by atoms with van der Waals surface area (Å²) in [6.45, 7) is 4.35. The maximum atomic E-state index is 12.1. The molecule has 0 saturated heterocycles. The number of carbonyl (C=O) groups is 1. The minimum absolute atomic E-state index is 0.238. The second-order valence-electron chi connectivity index (χ2n) is 6.13. The average molecular weight is 413 g/mol. The molecule has 1 aliphatic rings. The van der Waals surface area contributed by atoms with Crippen LogP contribution in [-0.2, 0) is 16.1 Å². The largest absolute Gasteiger partial charge is 0.456 e. The number of alkyl halides is 1. The first-order chi connectivity index (χ1) is 10.6. The van der Waals surface area contributed by atoms with Gasteiger partial charge in [-0.25, -0.2) is 4.79 Å². The number of rotatable bonds is 4. The Kier molecular flexibility index (Phi) is 6.86. The number of halogens is 1. The molecule has 0 aliphatic heterocycles. The van der Waals surface area contributed by atoms with E-state index in [2.05, 4.69) is 34.5 Å². The van der Waals surface area contributed by atoms with Crippen LogP contribution in [-0.4, -0.2) is 21.6 Å². The highest BCUT2D eigenvalue weighted by Crippen LogP contribution is 2.30. The predicted molar refractivity (Wildman–Crippen MR) is 98.6 cm³/mol. The van der Waals surface area contributed by atoms with Crippen LogP contribution >= 0.6 is 22.6 Å². The first-order valence-corrected chi connectivity index (χ1v) is 9.20. The zero-order valence-electron chi connectivity index (χ0n) is 13.3. The molecule has 1 fully saturated rings. The molecule has 22 heavy (non-hydrogen) atoms. The Morgan fingerprint density at radius 3 is 2.77 bits per heavy atom. The molecule has 0 radical (unpaired) electrons. The fraction of sp³-hybridized carbons (Fsp3) is 0.556. The summed E-state index contributed by atoms with van der Waals surface area (Å²) in [6, 6.07) is 9.98.